The number of carbonyl (C=O) groups excluding carboxylic acids is 2. The molecule has 1 aromatic heterocycles. The number of hydrogen-bond donors (Lipinski definition) is 1. The Labute approximate surface area is 172 Å². The van der Waals surface area contributed by atoms with Crippen molar-refractivity contribution in [2.45, 2.75) is 52.2 Å². The van der Waals surface area contributed by atoms with Crippen LogP contribution in [0.2, 0.25) is 0 Å². The third-order valence-corrected chi connectivity index (χ3v) is 5.59. The summed E-state index contributed by atoms with van der Waals surface area (Å²) in [5.41, 5.74) is 1.89. The van der Waals surface area contributed by atoms with Crippen LogP contribution in [0.4, 0.5) is 0 Å². The Hall–Kier alpha value is -2.60. The zero-order chi connectivity index (χ0) is 20.8. The molecule has 6 heteroatoms. The maximum absolute atomic E-state index is 12.6. The Bertz CT molecular complexity index is 791. The lowest BCUT2D eigenvalue weighted by molar-refractivity contribution is 0.0667. The van der Waals surface area contributed by atoms with Crippen molar-refractivity contribution in [3.63, 3.8) is 0 Å². The summed E-state index contributed by atoms with van der Waals surface area (Å²) in [5, 5.41) is 3.11. The molecule has 1 saturated heterocycles. The molecule has 1 aromatic carbocycles. The van der Waals surface area contributed by atoms with Gasteiger partial charge in [-0.2, -0.15) is 0 Å². The Balaban J connectivity index is 1.49. The minimum absolute atomic E-state index is 0.0523. The van der Waals surface area contributed by atoms with E-state index in [1.165, 1.54) is 11.8 Å². The highest BCUT2D eigenvalue weighted by molar-refractivity contribution is 5.94. The van der Waals surface area contributed by atoms with Gasteiger partial charge in [0.25, 0.3) is 11.8 Å². The first-order valence-corrected chi connectivity index (χ1v) is 10.4. The van der Waals surface area contributed by atoms with E-state index in [-0.39, 0.29) is 17.9 Å². The van der Waals surface area contributed by atoms with Gasteiger partial charge in [0.15, 0.2) is 5.76 Å². The molecule has 1 N–H and O–H groups in total. The van der Waals surface area contributed by atoms with Crippen molar-refractivity contribution >= 4 is 11.8 Å². The second kappa shape index (κ2) is 9.74. The zero-order valence-electron chi connectivity index (χ0n) is 17.6. The number of rotatable bonds is 7. The second-order valence-corrected chi connectivity index (χ2v) is 7.87. The number of amides is 2. The van der Waals surface area contributed by atoms with Crippen molar-refractivity contribution in [1.29, 1.82) is 0 Å². The van der Waals surface area contributed by atoms with E-state index >= 15 is 0 Å². The van der Waals surface area contributed by atoms with Crippen molar-refractivity contribution in [2.75, 3.05) is 19.6 Å². The average molecular weight is 398 g/mol. The van der Waals surface area contributed by atoms with E-state index in [1.54, 1.807) is 17.0 Å². The minimum atomic E-state index is -0.0853. The van der Waals surface area contributed by atoms with Crippen molar-refractivity contribution in [1.82, 2.24) is 15.1 Å². The van der Waals surface area contributed by atoms with Gasteiger partial charge in [0, 0.05) is 37.3 Å². The highest BCUT2D eigenvalue weighted by Gasteiger charge is 2.26. The predicted octanol–water partition coefficient (Wildman–Crippen LogP) is 3.54. The van der Waals surface area contributed by atoms with Gasteiger partial charge in [-0.15, -0.1) is 0 Å². The van der Waals surface area contributed by atoms with Crippen LogP contribution >= 0.6 is 0 Å². The molecule has 1 aliphatic rings. The van der Waals surface area contributed by atoms with Crippen molar-refractivity contribution in [3.05, 3.63) is 59.5 Å². The van der Waals surface area contributed by atoms with Crippen LogP contribution in [-0.4, -0.2) is 53.3 Å². The number of likely N-dealkylation sites (tertiary alicyclic amines) is 1. The summed E-state index contributed by atoms with van der Waals surface area (Å²) < 4.78 is 5.19. The largest absolute Gasteiger partial charge is 0.459 e. The van der Waals surface area contributed by atoms with Gasteiger partial charge in [0.2, 0.25) is 0 Å². The number of hydrogen-bond acceptors (Lipinski definition) is 4. The minimum Gasteiger partial charge on any atom is -0.459 e. The molecule has 0 spiro atoms. The first kappa shape index (κ1) is 21.1. The molecule has 0 unspecified atom stereocenters. The lowest BCUT2D eigenvalue weighted by Gasteiger charge is -2.31. The summed E-state index contributed by atoms with van der Waals surface area (Å²) in [6, 6.07) is 11.8. The predicted molar refractivity (Wildman–Crippen MR) is 113 cm³/mol. The monoisotopic (exact) mass is 397 g/mol. The van der Waals surface area contributed by atoms with Gasteiger partial charge >= 0.3 is 0 Å². The van der Waals surface area contributed by atoms with E-state index in [0.717, 1.165) is 25.9 Å². The second-order valence-electron chi connectivity index (χ2n) is 7.87. The van der Waals surface area contributed by atoms with Crippen LogP contribution in [0.1, 0.15) is 60.1 Å². The van der Waals surface area contributed by atoms with Crippen LogP contribution in [0, 0.1) is 0 Å². The Kier molecular flexibility index (Phi) is 7.09. The molecule has 0 saturated carbocycles. The van der Waals surface area contributed by atoms with E-state index in [4.69, 9.17) is 4.42 Å². The van der Waals surface area contributed by atoms with E-state index in [2.05, 4.69) is 31.0 Å². The fraction of sp³-hybridized carbons (Fsp3) is 0.478. The maximum Gasteiger partial charge on any atom is 0.289 e. The Morgan fingerprint density at radius 1 is 1.17 bits per heavy atom. The summed E-state index contributed by atoms with van der Waals surface area (Å²) >= 11 is 0. The van der Waals surface area contributed by atoms with Crippen molar-refractivity contribution in [3.8, 4) is 0 Å². The topological polar surface area (TPSA) is 65.8 Å². The van der Waals surface area contributed by atoms with Crippen LogP contribution in [0.5, 0.6) is 0 Å². The van der Waals surface area contributed by atoms with Gasteiger partial charge in [-0.1, -0.05) is 19.1 Å². The third kappa shape index (κ3) is 5.48. The molecule has 2 aromatic rings. The van der Waals surface area contributed by atoms with Crippen molar-refractivity contribution in [2.24, 2.45) is 0 Å². The van der Waals surface area contributed by atoms with Crippen LogP contribution < -0.4 is 5.32 Å². The molecule has 0 bridgehead atoms. The molecule has 156 valence electrons. The van der Waals surface area contributed by atoms with Gasteiger partial charge in [0.05, 0.1) is 6.26 Å². The smallest absolute Gasteiger partial charge is 0.289 e. The molecule has 3 rings (SSSR count). The number of benzene rings is 1. The SMILES string of the molecule is CCN(Cc1ccc(C(=O)NC2CCN(C(=O)c3ccco3)CC2)cc1)C(C)C. The molecular formula is C23H31N3O3. The van der Waals surface area contributed by atoms with Gasteiger partial charge in [0.1, 0.15) is 0 Å². The summed E-state index contributed by atoms with van der Waals surface area (Å²) in [6.45, 7) is 9.67. The van der Waals surface area contributed by atoms with Crippen LogP contribution in [0.3, 0.4) is 0 Å². The third-order valence-electron chi connectivity index (χ3n) is 5.59. The van der Waals surface area contributed by atoms with Gasteiger partial charge in [-0.3, -0.25) is 14.5 Å². The van der Waals surface area contributed by atoms with Crippen LogP contribution in [-0.2, 0) is 6.54 Å². The van der Waals surface area contributed by atoms with E-state index in [0.29, 0.717) is 30.5 Å². The fourth-order valence-corrected chi connectivity index (χ4v) is 3.71. The summed E-state index contributed by atoms with van der Waals surface area (Å²) in [6.07, 6.45) is 3.00. The fourth-order valence-electron chi connectivity index (χ4n) is 3.71. The molecule has 2 amide bonds. The number of nitrogens with one attached hydrogen (secondary N) is 1. The van der Waals surface area contributed by atoms with Crippen molar-refractivity contribution < 1.29 is 14.0 Å². The van der Waals surface area contributed by atoms with Gasteiger partial charge in [-0.05, 0) is 63.1 Å². The highest BCUT2D eigenvalue weighted by Crippen LogP contribution is 2.16. The lowest BCUT2D eigenvalue weighted by Crippen LogP contribution is -2.46. The van der Waals surface area contributed by atoms with Crippen LogP contribution in [0.15, 0.2) is 47.1 Å². The molecule has 1 fully saturated rings. The average Bonchev–Trinajstić information content (AvgIpc) is 3.27. The normalized spacial score (nSPS) is 15.1. The molecular weight excluding hydrogens is 366 g/mol. The maximum atomic E-state index is 12.6. The molecule has 0 radical (unpaired) electrons. The number of nitrogens with zero attached hydrogens (tertiary/aromatic N) is 2. The molecule has 29 heavy (non-hydrogen) atoms. The summed E-state index contributed by atoms with van der Waals surface area (Å²) in [4.78, 5) is 29.1. The first-order chi connectivity index (χ1) is 14.0. The molecule has 6 nitrogen and oxygen atoms in total. The van der Waals surface area contributed by atoms with E-state index in [9.17, 15) is 9.59 Å². The molecule has 0 atom stereocenters. The highest BCUT2D eigenvalue weighted by atomic mass is 16.3. The molecule has 1 aliphatic heterocycles. The van der Waals surface area contributed by atoms with Gasteiger partial charge in [-0.25, -0.2) is 0 Å². The Morgan fingerprint density at radius 3 is 2.41 bits per heavy atom. The summed E-state index contributed by atoms with van der Waals surface area (Å²) in [5.74, 6) is 0.230. The van der Waals surface area contributed by atoms with E-state index in [1.807, 2.05) is 24.3 Å². The number of piperidine rings is 1. The number of carbonyl (C=O) groups is 2. The first-order valence-electron chi connectivity index (χ1n) is 10.4. The summed E-state index contributed by atoms with van der Waals surface area (Å²) in [7, 11) is 0. The number of furan rings is 1. The van der Waals surface area contributed by atoms with Gasteiger partial charge < -0.3 is 14.6 Å². The molecule has 0 aliphatic carbocycles. The standard InChI is InChI=1S/C23H31N3O3/c1-4-25(17(2)3)16-18-7-9-19(10-8-18)22(27)24-20-11-13-26(14-12-20)23(28)21-6-5-15-29-21/h5-10,15,17,20H,4,11-14,16H2,1-3H3,(H,24,27). The van der Waals surface area contributed by atoms with E-state index < -0.39 is 0 Å². The lowest BCUT2D eigenvalue weighted by atomic mass is 10.0. The quantitative estimate of drug-likeness (QED) is 0.776. The zero-order valence-corrected chi connectivity index (χ0v) is 17.6. The molecule has 2 heterocycles. The Morgan fingerprint density at radius 2 is 1.86 bits per heavy atom. The van der Waals surface area contributed by atoms with Crippen LogP contribution in [0.25, 0.3) is 0 Å².